The largest absolute Gasteiger partial charge is 0.416 e. The lowest BCUT2D eigenvalue weighted by molar-refractivity contribution is -0.137. The van der Waals surface area contributed by atoms with Crippen LogP contribution in [0.4, 0.5) is 24.8 Å². The number of aryl methyl sites for hydroxylation is 1. The molecule has 2 aromatic heterocycles. The number of alkyl halides is 3. The van der Waals surface area contributed by atoms with Crippen LogP contribution in [0, 0.1) is 0 Å². The monoisotopic (exact) mass is 300 g/mol. The Morgan fingerprint density at radius 3 is 2.38 bits per heavy atom. The van der Waals surface area contributed by atoms with Crippen molar-refractivity contribution in [1.82, 2.24) is 19.7 Å². The summed E-state index contributed by atoms with van der Waals surface area (Å²) in [7, 11) is 1.71. The summed E-state index contributed by atoms with van der Waals surface area (Å²) >= 11 is 0. The first-order chi connectivity index (χ1) is 9.88. The number of nitrogens with one attached hydrogen (secondary N) is 2. The van der Waals surface area contributed by atoms with Crippen molar-refractivity contribution in [3.63, 3.8) is 0 Å². The minimum absolute atomic E-state index is 0.119. The van der Waals surface area contributed by atoms with Gasteiger partial charge < -0.3 is 10.6 Å². The molecule has 21 heavy (non-hydrogen) atoms. The summed E-state index contributed by atoms with van der Waals surface area (Å²) in [4.78, 5) is 8.06. The summed E-state index contributed by atoms with van der Waals surface area (Å²) in [5.41, 5.74) is -0.759. The molecule has 0 aliphatic heterocycles. The number of aromatic nitrogens is 4. The Morgan fingerprint density at radius 2 is 1.86 bits per heavy atom. The van der Waals surface area contributed by atoms with E-state index in [1.165, 1.54) is 11.0 Å². The fourth-order valence-electron chi connectivity index (χ4n) is 1.69. The van der Waals surface area contributed by atoms with Gasteiger partial charge in [-0.1, -0.05) is 0 Å². The number of anilines is 2. The zero-order valence-electron chi connectivity index (χ0n) is 11.6. The summed E-state index contributed by atoms with van der Waals surface area (Å²) < 4.78 is 40.0. The van der Waals surface area contributed by atoms with Crippen LogP contribution >= 0.6 is 0 Å². The molecule has 0 unspecified atom stereocenters. The lowest BCUT2D eigenvalue weighted by Crippen LogP contribution is -2.11. The van der Waals surface area contributed by atoms with Crippen molar-refractivity contribution in [1.29, 1.82) is 0 Å². The van der Waals surface area contributed by atoms with Gasteiger partial charge in [-0.2, -0.15) is 18.3 Å². The van der Waals surface area contributed by atoms with Crippen LogP contribution in [0.3, 0.4) is 0 Å². The van der Waals surface area contributed by atoms with Crippen LogP contribution in [0.25, 0.3) is 0 Å². The van der Waals surface area contributed by atoms with Gasteiger partial charge in [0.25, 0.3) is 0 Å². The molecule has 114 valence electrons. The number of nitrogens with zero attached hydrogens (tertiary/aromatic N) is 4. The van der Waals surface area contributed by atoms with Gasteiger partial charge in [0.1, 0.15) is 18.0 Å². The van der Waals surface area contributed by atoms with Crippen molar-refractivity contribution < 1.29 is 13.2 Å². The van der Waals surface area contributed by atoms with Crippen molar-refractivity contribution in [3.8, 4) is 0 Å². The van der Waals surface area contributed by atoms with E-state index in [1.54, 1.807) is 14.0 Å². The molecular formula is C12H15F3N6. The second-order valence-electron chi connectivity index (χ2n) is 4.34. The van der Waals surface area contributed by atoms with Gasteiger partial charge in [0.15, 0.2) is 5.82 Å². The second-order valence-corrected chi connectivity index (χ2v) is 4.34. The molecule has 9 heteroatoms. The van der Waals surface area contributed by atoms with Gasteiger partial charge >= 0.3 is 6.18 Å². The highest BCUT2D eigenvalue weighted by molar-refractivity contribution is 5.49. The molecule has 2 N–H and O–H groups in total. The summed E-state index contributed by atoms with van der Waals surface area (Å²) in [6.07, 6.45) is -2.91. The zero-order valence-corrected chi connectivity index (χ0v) is 11.6. The van der Waals surface area contributed by atoms with Gasteiger partial charge in [0.05, 0.1) is 12.1 Å². The Balaban J connectivity index is 2.19. The van der Waals surface area contributed by atoms with Crippen molar-refractivity contribution in [2.24, 2.45) is 7.05 Å². The maximum absolute atomic E-state index is 12.8. The number of halogens is 3. The van der Waals surface area contributed by atoms with Crippen molar-refractivity contribution in [3.05, 3.63) is 29.8 Å². The third kappa shape index (κ3) is 4.07. The molecule has 0 aliphatic rings. The number of pyridine rings is 1. The molecule has 2 rings (SSSR count). The van der Waals surface area contributed by atoms with Crippen molar-refractivity contribution in [2.75, 3.05) is 17.2 Å². The van der Waals surface area contributed by atoms with Crippen LogP contribution in [-0.4, -0.2) is 26.3 Å². The van der Waals surface area contributed by atoms with Crippen molar-refractivity contribution in [2.45, 2.75) is 19.6 Å². The van der Waals surface area contributed by atoms with E-state index >= 15 is 0 Å². The smallest absolute Gasteiger partial charge is 0.370 e. The Kier molecular flexibility index (Phi) is 4.29. The van der Waals surface area contributed by atoms with E-state index in [4.69, 9.17) is 0 Å². The van der Waals surface area contributed by atoms with Crippen LogP contribution in [0.1, 0.15) is 18.3 Å². The second kappa shape index (κ2) is 5.98. The average Bonchev–Trinajstić information content (AvgIpc) is 2.81. The van der Waals surface area contributed by atoms with E-state index in [0.717, 1.165) is 12.1 Å². The third-order valence-corrected chi connectivity index (χ3v) is 2.59. The molecule has 0 aliphatic carbocycles. The molecule has 0 atom stereocenters. The summed E-state index contributed by atoms with van der Waals surface area (Å²) in [6, 6.07) is 1.94. The zero-order chi connectivity index (χ0) is 15.5. The first-order valence-electron chi connectivity index (χ1n) is 6.30. The van der Waals surface area contributed by atoms with E-state index in [-0.39, 0.29) is 18.2 Å². The van der Waals surface area contributed by atoms with E-state index in [2.05, 4.69) is 25.7 Å². The SMILES string of the molecule is CCNc1cc(C(F)(F)F)cc(NCc2ncn(C)n2)n1. The fourth-order valence-corrected chi connectivity index (χ4v) is 1.69. The lowest BCUT2D eigenvalue weighted by Gasteiger charge is -2.12. The standard InChI is InChI=1S/C12H15F3N6/c1-3-16-9-4-8(12(13,14)15)5-10(19-9)17-6-11-18-7-21(2)20-11/h4-5,7H,3,6H2,1-2H3,(H2,16,17,19). The molecule has 0 radical (unpaired) electrons. The molecule has 0 saturated heterocycles. The van der Waals surface area contributed by atoms with Gasteiger partial charge in [-0.3, -0.25) is 4.68 Å². The highest BCUT2D eigenvalue weighted by Crippen LogP contribution is 2.32. The normalized spacial score (nSPS) is 11.5. The Bertz CT molecular complexity index is 607. The Labute approximate surface area is 119 Å². The predicted molar refractivity (Wildman–Crippen MR) is 71.7 cm³/mol. The van der Waals surface area contributed by atoms with Crippen LogP contribution in [0.15, 0.2) is 18.5 Å². The quantitative estimate of drug-likeness (QED) is 0.886. The summed E-state index contributed by atoms with van der Waals surface area (Å²) in [5, 5.41) is 9.61. The molecule has 0 amide bonds. The van der Waals surface area contributed by atoms with Gasteiger partial charge in [0, 0.05) is 13.6 Å². The number of hydrogen-bond donors (Lipinski definition) is 2. The first kappa shape index (κ1) is 15.1. The predicted octanol–water partition coefficient (Wildman–Crippen LogP) is 2.27. The number of rotatable bonds is 5. The average molecular weight is 300 g/mol. The van der Waals surface area contributed by atoms with Crippen LogP contribution < -0.4 is 10.6 Å². The Hall–Kier alpha value is -2.32. The minimum Gasteiger partial charge on any atom is -0.370 e. The molecule has 6 nitrogen and oxygen atoms in total. The maximum atomic E-state index is 12.8. The van der Waals surface area contributed by atoms with Gasteiger partial charge in [0.2, 0.25) is 0 Å². The maximum Gasteiger partial charge on any atom is 0.416 e. The minimum atomic E-state index is -4.42. The van der Waals surface area contributed by atoms with E-state index in [9.17, 15) is 13.2 Å². The molecule has 0 fully saturated rings. The van der Waals surface area contributed by atoms with E-state index in [1.807, 2.05) is 0 Å². The third-order valence-electron chi connectivity index (χ3n) is 2.59. The molecular weight excluding hydrogens is 285 g/mol. The highest BCUT2D eigenvalue weighted by atomic mass is 19.4. The van der Waals surface area contributed by atoms with Gasteiger partial charge in [-0.05, 0) is 19.1 Å². The fraction of sp³-hybridized carbons (Fsp3) is 0.417. The highest BCUT2D eigenvalue weighted by Gasteiger charge is 2.31. The molecule has 0 spiro atoms. The molecule has 0 aromatic carbocycles. The molecule has 0 bridgehead atoms. The Morgan fingerprint density at radius 1 is 1.19 bits per heavy atom. The van der Waals surface area contributed by atoms with E-state index in [0.29, 0.717) is 12.4 Å². The number of hydrogen-bond acceptors (Lipinski definition) is 5. The topological polar surface area (TPSA) is 67.7 Å². The van der Waals surface area contributed by atoms with Crippen molar-refractivity contribution >= 4 is 11.6 Å². The molecule has 0 saturated carbocycles. The van der Waals surface area contributed by atoms with Crippen LogP contribution in [0.2, 0.25) is 0 Å². The van der Waals surface area contributed by atoms with Gasteiger partial charge in [-0.15, -0.1) is 0 Å². The lowest BCUT2D eigenvalue weighted by atomic mass is 10.2. The summed E-state index contributed by atoms with van der Waals surface area (Å²) in [6.45, 7) is 2.46. The molecule has 2 aromatic rings. The summed E-state index contributed by atoms with van der Waals surface area (Å²) in [5.74, 6) is 0.763. The van der Waals surface area contributed by atoms with Crippen LogP contribution in [0.5, 0.6) is 0 Å². The van der Waals surface area contributed by atoms with Crippen LogP contribution in [-0.2, 0) is 19.8 Å². The van der Waals surface area contributed by atoms with Gasteiger partial charge in [-0.25, -0.2) is 9.97 Å². The molecule has 2 heterocycles. The first-order valence-corrected chi connectivity index (χ1v) is 6.30. The van der Waals surface area contributed by atoms with E-state index < -0.39 is 11.7 Å².